The fourth-order valence-electron chi connectivity index (χ4n) is 1.75. The summed E-state index contributed by atoms with van der Waals surface area (Å²) in [4.78, 5) is 11.4. The van der Waals surface area contributed by atoms with Crippen molar-refractivity contribution in [1.29, 1.82) is 0 Å². The molecule has 0 fully saturated rings. The Bertz CT molecular complexity index is 665. The van der Waals surface area contributed by atoms with Crippen LogP contribution in [-0.2, 0) is 0 Å². The Labute approximate surface area is 109 Å². The van der Waals surface area contributed by atoms with E-state index in [1.54, 1.807) is 11.5 Å². The van der Waals surface area contributed by atoms with Crippen molar-refractivity contribution >= 4 is 24.9 Å². The van der Waals surface area contributed by atoms with Crippen molar-refractivity contribution in [3.05, 3.63) is 36.0 Å². The minimum absolute atomic E-state index is 0.0333. The highest BCUT2D eigenvalue weighted by Crippen LogP contribution is 2.17. The van der Waals surface area contributed by atoms with Gasteiger partial charge in [-0.25, -0.2) is 0 Å². The van der Waals surface area contributed by atoms with Gasteiger partial charge in [-0.2, -0.15) is 0 Å². The van der Waals surface area contributed by atoms with Crippen LogP contribution in [0.25, 0.3) is 10.9 Å². The smallest absolute Gasteiger partial charge is 0.227 e. The van der Waals surface area contributed by atoms with Crippen LogP contribution in [0.2, 0.25) is 19.6 Å². The lowest BCUT2D eigenvalue weighted by Crippen LogP contribution is -2.16. The average Bonchev–Trinajstić information content (AvgIpc) is 2.68. The van der Waals surface area contributed by atoms with Crippen molar-refractivity contribution in [3.63, 3.8) is 0 Å². The number of nitrogens with zero attached hydrogens (tertiary/aromatic N) is 1. The Morgan fingerprint density at radius 2 is 1.94 bits per heavy atom. The van der Waals surface area contributed by atoms with E-state index in [2.05, 4.69) is 31.1 Å². The standard InChI is InChI=1S/C15H17NOSi/c1-12(17)16-9-7-14-11-13(5-6-15(14)16)8-10-18(2,3)4/h5-7,9,11H,1-4H3. The van der Waals surface area contributed by atoms with Gasteiger partial charge in [0, 0.05) is 24.1 Å². The third-order valence-electron chi connectivity index (χ3n) is 2.61. The van der Waals surface area contributed by atoms with Crippen LogP contribution in [0.1, 0.15) is 17.3 Å². The Kier molecular flexibility index (Phi) is 3.14. The zero-order chi connectivity index (χ0) is 13.3. The van der Waals surface area contributed by atoms with Gasteiger partial charge in [0.25, 0.3) is 0 Å². The molecule has 0 spiro atoms. The molecule has 0 amide bonds. The van der Waals surface area contributed by atoms with Gasteiger partial charge in [0.05, 0.1) is 5.52 Å². The number of carbonyl (C=O) groups excluding carboxylic acids is 1. The number of hydrogen-bond acceptors (Lipinski definition) is 1. The molecule has 2 aromatic rings. The molecule has 0 N–H and O–H groups in total. The van der Waals surface area contributed by atoms with E-state index in [1.807, 2.05) is 30.5 Å². The fourth-order valence-corrected chi connectivity index (χ4v) is 2.27. The second-order valence-corrected chi connectivity index (χ2v) is 10.2. The van der Waals surface area contributed by atoms with E-state index in [9.17, 15) is 4.79 Å². The number of hydrogen-bond donors (Lipinski definition) is 0. The summed E-state index contributed by atoms with van der Waals surface area (Å²) >= 11 is 0. The third kappa shape index (κ3) is 2.72. The van der Waals surface area contributed by atoms with Crippen LogP contribution in [-0.4, -0.2) is 18.5 Å². The summed E-state index contributed by atoms with van der Waals surface area (Å²) in [6.07, 6.45) is 1.81. The maximum Gasteiger partial charge on any atom is 0.227 e. The van der Waals surface area contributed by atoms with Crippen molar-refractivity contribution in [2.24, 2.45) is 0 Å². The van der Waals surface area contributed by atoms with E-state index < -0.39 is 8.07 Å². The van der Waals surface area contributed by atoms with Crippen molar-refractivity contribution in [2.75, 3.05) is 0 Å². The monoisotopic (exact) mass is 255 g/mol. The van der Waals surface area contributed by atoms with E-state index in [0.29, 0.717) is 0 Å². The summed E-state index contributed by atoms with van der Waals surface area (Å²) in [7, 11) is -1.34. The molecule has 0 bridgehead atoms. The molecule has 2 rings (SSSR count). The molecule has 3 heteroatoms. The molecule has 2 nitrogen and oxygen atoms in total. The summed E-state index contributed by atoms with van der Waals surface area (Å²) < 4.78 is 1.66. The molecule has 18 heavy (non-hydrogen) atoms. The van der Waals surface area contributed by atoms with Gasteiger partial charge >= 0.3 is 0 Å². The van der Waals surface area contributed by atoms with Gasteiger partial charge in [-0.3, -0.25) is 9.36 Å². The van der Waals surface area contributed by atoms with Crippen molar-refractivity contribution < 1.29 is 4.79 Å². The SMILES string of the molecule is CC(=O)n1ccc2cc(C#C[Si](C)(C)C)ccc21. The summed E-state index contributed by atoms with van der Waals surface area (Å²) in [5.74, 6) is 3.27. The highest BCUT2D eigenvalue weighted by atomic mass is 28.3. The lowest BCUT2D eigenvalue weighted by Gasteiger charge is -2.03. The Morgan fingerprint density at radius 1 is 1.22 bits per heavy atom. The fraction of sp³-hybridized carbons (Fsp3) is 0.267. The largest absolute Gasteiger partial charge is 0.287 e. The van der Waals surface area contributed by atoms with Crippen LogP contribution in [0.3, 0.4) is 0 Å². The van der Waals surface area contributed by atoms with E-state index in [0.717, 1.165) is 16.5 Å². The topological polar surface area (TPSA) is 22.0 Å². The molecule has 0 atom stereocenters. The maximum atomic E-state index is 11.4. The second-order valence-electron chi connectivity index (χ2n) is 5.48. The number of benzene rings is 1. The molecule has 1 heterocycles. The Morgan fingerprint density at radius 3 is 2.56 bits per heavy atom. The second kappa shape index (κ2) is 4.47. The minimum atomic E-state index is -1.34. The van der Waals surface area contributed by atoms with Crippen LogP contribution in [0.5, 0.6) is 0 Å². The van der Waals surface area contributed by atoms with E-state index in [1.165, 1.54) is 0 Å². The molecule has 0 saturated heterocycles. The van der Waals surface area contributed by atoms with E-state index >= 15 is 0 Å². The summed E-state index contributed by atoms with van der Waals surface area (Å²) in [5.41, 5.74) is 5.31. The maximum absolute atomic E-state index is 11.4. The quantitative estimate of drug-likeness (QED) is 0.521. The normalized spacial score (nSPS) is 11.1. The first-order valence-electron chi connectivity index (χ1n) is 6.02. The Balaban J connectivity index is 2.46. The molecule has 92 valence electrons. The predicted octanol–water partition coefficient (Wildman–Crippen LogP) is 3.53. The number of rotatable bonds is 0. The number of carbonyl (C=O) groups is 1. The van der Waals surface area contributed by atoms with Gasteiger partial charge in [-0.05, 0) is 24.3 Å². The van der Waals surface area contributed by atoms with E-state index in [4.69, 9.17) is 0 Å². The number of aromatic nitrogens is 1. The highest BCUT2D eigenvalue weighted by Gasteiger charge is 2.08. The molecule has 1 aromatic heterocycles. The van der Waals surface area contributed by atoms with Gasteiger partial charge in [0.1, 0.15) is 8.07 Å². The lowest BCUT2D eigenvalue weighted by molar-refractivity contribution is 0.0941. The molecule has 0 unspecified atom stereocenters. The van der Waals surface area contributed by atoms with Gasteiger partial charge in [-0.15, -0.1) is 5.54 Å². The van der Waals surface area contributed by atoms with Crippen LogP contribution >= 0.6 is 0 Å². The lowest BCUT2D eigenvalue weighted by atomic mass is 10.2. The third-order valence-corrected chi connectivity index (χ3v) is 3.49. The average molecular weight is 255 g/mol. The zero-order valence-corrected chi connectivity index (χ0v) is 12.2. The van der Waals surface area contributed by atoms with E-state index in [-0.39, 0.29) is 5.91 Å². The molecule has 1 aromatic carbocycles. The van der Waals surface area contributed by atoms with Crippen molar-refractivity contribution in [2.45, 2.75) is 26.6 Å². The molecule has 0 aliphatic rings. The van der Waals surface area contributed by atoms with Crippen LogP contribution in [0.15, 0.2) is 30.5 Å². The number of fused-ring (bicyclic) bond motifs is 1. The highest BCUT2D eigenvalue weighted by molar-refractivity contribution is 6.83. The first kappa shape index (κ1) is 12.7. The predicted molar refractivity (Wildman–Crippen MR) is 78.5 cm³/mol. The first-order valence-corrected chi connectivity index (χ1v) is 9.52. The minimum Gasteiger partial charge on any atom is -0.287 e. The zero-order valence-electron chi connectivity index (χ0n) is 11.2. The summed E-state index contributed by atoms with van der Waals surface area (Å²) in [6, 6.07) is 7.94. The molecule has 0 aliphatic carbocycles. The molecule has 0 saturated carbocycles. The first-order chi connectivity index (χ1) is 8.37. The van der Waals surface area contributed by atoms with Gasteiger partial charge in [-0.1, -0.05) is 25.6 Å². The molecular formula is C15H17NOSi. The summed E-state index contributed by atoms with van der Waals surface area (Å²) in [5, 5.41) is 1.06. The van der Waals surface area contributed by atoms with Crippen molar-refractivity contribution in [3.8, 4) is 11.5 Å². The summed E-state index contributed by atoms with van der Waals surface area (Å²) in [6.45, 7) is 8.25. The molecule has 0 radical (unpaired) electrons. The van der Waals surface area contributed by atoms with Gasteiger partial charge in [0.15, 0.2) is 0 Å². The van der Waals surface area contributed by atoms with Gasteiger partial charge in [0.2, 0.25) is 5.91 Å². The van der Waals surface area contributed by atoms with Crippen molar-refractivity contribution in [1.82, 2.24) is 4.57 Å². The van der Waals surface area contributed by atoms with Crippen LogP contribution in [0.4, 0.5) is 0 Å². The Hall–Kier alpha value is -1.79. The van der Waals surface area contributed by atoms with Crippen LogP contribution < -0.4 is 0 Å². The van der Waals surface area contributed by atoms with Crippen LogP contribution in [0, 0.1) is 11.5 Å². The molecule has 0 aliphatic heterocycles. The molecular weight excluding hydrogens is 238 g/mol. The van der Waals surface area contributed by atoms with Gasteiger partial charge < -0.3 is 0 Å².